The van der Waals surface area contributed by atoms with Crippen molar-refractivity contribution in [2.75, 3.05) is 39.5 Å². The molecule has 4 rings (SSSR count). The predicted molar refractivity (Wildman–Crippen MR) is 128 cm³/mol. The second-order valence-corrected chi connectivity index (χ2v) is 8.46. The van der Waals surface area contributed by atoms with Crippen LogP contribution in [0.5, 0.6) is 17.2 Å². The molecule has 174 valence electrons. The molecule has 1 aromatic heterocycles. The van der Waals surface area contributed by atoms with Crippen LogP contribution in [0.4, 0.5) is 0 Å². The Kier molecular flexibility index (Phi) is 6.72. The molecule has 2 aromatic carbocycles. The molecule has 0 amide bonds. The Bertz CT molecular complexity index is 1240. The average molecular weight is 452 g/mol. The van der Waals surface area contributed by atoms with Gasteiger partial charge in [-0.25, -0.2) is 0 Å². The molecule has 0 saturated carbocycles. The number of hydrogen-bond acceptors (Lipinski definition) is 7. The average Bonchev–Trinajstić information content (AvgIpc) is 2.80. The smallest absolute Gasteiger partial charge is 0.205 e. The van der Waals surface area contributed by atoms with E-state index in [4.69, 9.17) is 18.6 Å². The van der Waals surface area contributed by atoms with E-state index in [9.17, 15) is 9.90 Å². The minimum atomic E-state index is -0.659. The fourth-order valence-electron chi connectivity index (χ4n) is 3.65. The molecule has 1 fully saturated rings. The van der Waals surface area contributed by atoms with Crippen LogP contribution >= 0.6 is 0 Å². The second kappa shape index (κ2) is 9.68. The number of fused-ring (bicyclic) bond motifs is 2. The monoisotopic (exact) mass is 451 g/mol. The van der Waals surface area contributed by atoms with Crippen molar-refractivity contribution in [2.45, 2.75) is 19.4 Å². The maximum atomic E-state index is 13.1. The van der Waals surface area contributed by atoms with Crippen LogP contribution < -0.4 is 14.9 Å². The lowest BCUT2D eigenvalue weighted by molar-refractivity contribution is 0.0434. The number of nitrogens with zero attached hydrogens (tertiary/aromatic N) is 1. The van der Waals surface area contributed by atoms with Crippen LogP contribution in [0.2, 0.25) is 0 Å². The van der Waals surface area contributed by atoms with Crippen LogP contribution in [0, 0.1) is 0 Å². The van der Waals surface area contributed by atoms with Crippen molar-refractivity contribution in [3.63, 3.8) is 0 Å². The predicted octanol–water partition coefficient (Wildman–Crippen LogP) is 4.26. The fourth-order valence-corrected chi connectivity index (χ4v) is 3.65. The minimum absolute atomic E-state index is 0.121. The summed E-state index contributed by atoms with van der Waals surface area (Å²) in [5.41, 5.74) is -0.433. The Morgan fingerprint density at radius 2 is 1.97 bits per heavy atom. The highest BCUT2D eigenvalue weighted by atomic mass is 16.5. The van der Waals surface area contributed by atoms with Gasteiger partial charge >= 0.3 is 0 Å². The quantitative estimate of drug-likeness (QED) is 0.405. The van der Waals surface area contributed by atoms with Crippen molar-refractivity contribution >= 4 is 21.9 Å². The number of morpholine rings is 1. The van der Waals surface area contributed by atoms with Crippen molar-refractivity contribution < 1.29 is 23.7 Å². The molecule has 7 nitrogen and oxygen atoms in total. The zero-order chi connectivity index (χ0) is 23.4. The van der Waals surface area contributed by atoms with Crippen molar-refractivity contribution in [3.8, 4) is 17.2 Å². The van der Waals surface area contributed by atoms with Gasteiger partial charge in [-0.05, 0) is 44.2 Å². The Hall–Kier alpha value is -3.29. The van der Waals surface area contributed by atoms with Crippen LogP contribution in [0.15, 0.2) is 64.4 Å². The zero-order valence-electron chi connectivity index (χ0n) is 19.0. The highest BCUT2D eigenvalue weighted by molar-refractivity contribution is 5.96. The molecule has 1 aliphatic heterocycles. The van der Waals surface area contributed by atoms with E-state index in [0.717, 1.165) is 32.8 Å². The molecule has 0 bridgehead atoms. The molecule has 33 heavy (non-hydrogen) atoms. The molecule has 1 aliphatic rings. The van der Waals surface area contributed by atoms with Gasteiger partial charge in [-0.15, -0.1) is 0 Å². The number of phenols is 1. The topological polar surface area (TPSA) is 81.4 Å². The summed E-state index contributed by atoms with van der Waals surface area (Å²) in [4.78, 5) is 15.4. The molecular formula is C26H29NO6. The van der Waals surface area contributed by atoms with E-state index in [2.05, 4.69) is 11.5 Å². The van der Waals surface area contributed by atoms with E-state index in [0.29, 0.717) is 16.9 Å². The lowest BCUT2D eigenvalue weighted by Crippen LogP contribution is -2.36. The van der Waals surface area contributed by atoms with Gasteiger partial charge in [0.05, 0.1) is 18.6 Å². The van der Waals surface area contributed by atoms with Gasteiger partial charge in [-0.2, -0.15) is 0 Å². The minimum Gasteiger partial charge on any atom is -0.507 e. The lowest BCUT2D eigenvalue weighted by Gasteiger charge is -2.25. The van der Waals surface area contributed by atoms with E-state index < -0.39 is 5.60 Å². The zero-order valence-corrected chi connectivity index (χ0v) is 19.0. The number of aromatic hydroxyl groups is 1. The second-order valence-electron chi connectivity index (χ2n) is 8.46. The first-order valence-corrected chi connectivity index (χ1v) is 11.0. The van der Waals surface area contributed by atoms with Crippen LogP contribution in [-0.2, 0) is 4.74 Å². The normalized spacial score (nSPS) is 15.3. The molecule has 0 unspecified atom stereocenters. The van der Waals surface area contributed by atoms with Gasteiger partial charge in [-0.3, -0.25) is 9.69 Å². The van der Waals surface area contributed by atoms with Gasteiger partial charge < -0.3 is 23.7 Å². The summed E-state index contributed by atoms with van der Waals surface area (Å²) in [5, 5.41) is 10.6. The number of benzene rings is 2. The summed E-state index contributed by atoms with van der Waals surface area (Å²) < 4.78 is 23.6. The molecule has 2 heterocycles. The molecule has 0 spiro atoms. The highest BCUT2D eigenvalue weighted by Gasteiger charge is 2.22. The maximum absolute atomic E-state index is 13.1. The first-order valence-electron chi connectivity index (χ1n) is 11.0. The van der Waals surface area contributed by atoms with Crippen LogP contribution in [0.25, 0.3) is 21.9 Å². The number of phenolic OH excluding ortho intramolecular Hbond substituents is 1. The Morgan fingerprint density at radius 1 is 1.18 bits per heavy atom. The van der Waals surface area contributed by atoms with E-state index >= 15 is 0 Å². The summed E-state index contributed by atoms with van der Waals surface area (Å²) in [6.45, 7) is 12.0. The Labute approximate surface area is 192 Å². The van der Waals surface area contributed by atoms with E-state index in [-0.39, 0.29) is 34.3 Å². The fraction of sp³-hybridized carbons (Fsp3) is 0.346. The van der Waals surface area contributed by atoms with Gasteiger partial charge in [0.15, 0.2) is 11.3 Å². The van der Waals surface area contributed by atoms with Crippen LogP contribution in [0.1, 0.15) is 13.8 Å². The van der Waals surface area contributed by atoms with Crippen molar-refractivity contribution in [2.24, 2.45) is 0 Å². The van der Waals surface area contributed by atoms with Gasteiger partial charge in [0.25, 0.3) is 0 Å². The molecule has 1 N–H and O–H groups in total. The Morgan fingerprint density at radius 3 is 2.73 bits per heavy atom. The summed E-state index contributed by atoms with van der Waals surface area (Å²) in [7, 11) is 0. The first kappa shape index (κ1) is 22.9. The molecule has 3 aromatic rings. The maximum Gasteiger partial charge on any atom is 0.205 e. The van der Waals surface area contributed by atoms with Crippen LogP contribution in [0.3, 0.4) is 0 Å². The highest BCUT2D eigenvalue weighted by Crippen LogP contribution is 2.39. The summed E-state index contributed by atoms with van der Waals surface area (Å²) in [6, 6.07) is 8.04. The van der Waals surface area contributed by atoms with Gasteiger partial charge in [0, 0.05) is 19.6 Å². The number of hydrogen-bond donors (Lipinski definition) is 1. The molecule has 7 heteroatoms. The summed E-state index contributed by atoms with van der Waals surface area (Å²) >= 11 is 0. The van der Waals surface area contributed by atoms with Crippen molar-refractivity contribution in [1.82, 2.24) is 4.90 Å². The van der Waals surface area contributed by atoms with Gasteiger partial charge in [-0.1, -0.05) is 24.8 Å². The van der Waals surface area contributed by atoms with E-state index in [1.165, 1.54) is 6.07 Å². The lowest BCUT2D eigenvalue weighted by atomic mass is 10.1. The summed E-state index contributed by atoms with van der Waals surface area (Å²) in [6.07, 6.45) is 5.67. The molecule has 0 atom stereocenters. The van der Waals surface area contributed by atoms with E-state index in [1.807, 2.05) is 26.0 Å². The first-order chi connectivity index (χ1) is 15.9. The third-order valence-corrected chi connectivity index (χ3v) is 5.59. The number of ether oxygens (including phenoxy) is 3. The van der Waals surface area contributed by atoms with Crippen molar-refractivity contribution in [1.29, 1.82) is 0 Å². The standard InChI is InChI=1S/C26H29NO6/c1-4-26(2,3)33-21-11-10-18-23(29)22-19(28)8-7-9-20(22)32-24(18)25(21)31-15-6-5-12-27-13-16-30-17-14-27/h4-11,28H,1,12-17H2,2-3H3/b6-5+. The molecule has 0 radical (unpaired) electrons. The SMILES string of the molecule is C=CC(C)(C)Oc1ccc2c(=O)c3c(O)cccc3oc2c1OC/C=C/CN1CCOCC1. The largest absolute Gasteiger partial charge is 0.507 e. The van der Waals surface area contributed by atoms with Gasteiger partial charge in [0.1, 0.15) is 28.9 Å². The summed E-state index contributed by atoms with van der Waals surface area (Å²) in [5.74, 6) is 0.655. The van der Waals surface area contributed by atoms with Crippen molar-refractivity contribution in [3.05, 3.63) is 65.4 Å². The molecule has 1 saturated heterocycles. The van der Waals surface area contributed by atoms with Gasteiger partial charge in [0.2, 0.25) is 11.2 Å². The number of rotatable bonds is 8. The molecule has 0 aliphatic carbocycles. The Balaban J connectivity index is 1.69. The molecular weight excluding hydrogens is 422 g/mol. The third-order valence-electron chi connectivity index (χ3n) is 5.59. The third kappa shape index (κ3) is 5.05. The van der Waals surface area contributed by atoms with E-state index in [1.54, 1.807) is 30.3 Å². The van der Waals surface area contributed by atoms with Crippen LogP contribution in [-0.4, -0.2) is 55.1 Å².